The molecule has 84 valence electrons. The molecule has 0 saturated heterocycles. The van der Waals surface area contributed by atoms with Gasteiger partial charge in [-0.05, 0) is 51.6 Å². The van der Waals surface area contributed by atoms with Crippen LogP contribution in [0.5, 0.6) is 0 Å². The van der Waals surface area contributed by atoms with Crippen molar-refractivity contribution in [3.05, 3.63) is 0 Å². The Labute approximate surface area is 88.8 Å². The molecule has 0 radical (unpaired) electrons. The molecule has 0 aromatic rings. The highest BCUT2D eigenvalue weighted by molar-refractivity contribution is 4.81. The van der Waals surface area contributed by atoms with Gasteiger partial charge in [-0.15, -0.1) is 0 Å². The van der Waals surface area contributed by atoms with E-state index in [0.29, 0.717) is 6.04 Å². The first kappa shape index (κ1) is 12.0. The molecule has 1 aliphatic rings. The van der Waals surface area contributed by atoms with Gasteiger partial charge in [0.1, 0.15) is 0 Å². The van der Waals surface area contributed by atoms with Gasteiger partial charge < -0.3 is 10.6 Å². The van der Waals surface area contributed by atoms with Gasteiger partial charge in [0.15, 0.2) is 0 Å². The third-order valence-corrected chi connectivity index (χ3v) is 3.72. The fourth-order valence-electron chi connectivity index (χ4n) is 2.67. The summed E-state index contributed by atoms with van der Waals surface area (Å²) >= 11 is 0. The van der Waals surface area contributed by atoms with Gasteiger partial charge in [0.05, 0.1) is 0 Å². The van der Waals surface area contributed by atoms with Crippen LogP contribution in [0.15, 0.2) is 0 Å². The standard InChI is InChI=1S/C12H26N2/c1-4-14(10(2)3)9-12-7-5-6-11(12)8-13/h10-12H,4-9,13H2,1-3H3. The topological polar surface area (TPSA) is 29.3 Å². The van der Waals surface area contributed by atoms with Crippen LogP contribution in [-0.2, 0) is 0 Å². The Morgan fingerprint density at radius 2 is 1.93 bits per heavy atom. The molecule has 0 heterocycles. The molecule has 0 bridgehead atoms. The summed E-state index contributed by atoms with van der Waals surface area (Å²) < 4.78 is 0. The maximum absolute atomic E-state index is 5.80. The molecule has 1 rings (SSSR count). The van der Waals surface area contributed by atoms with Crippen molar-refractivity contribution in [1.82, 2.24) is 4.90 Å². The normalized spacial score (nSPS) is 27.9. The Morgan fingerprint density at radius 1 is 1.29 bits per heavy atom. The van der Waals surface area contributed by atoms with Crippen LogP contribution in [0.2, 0.25) is 0 Å². The Bertz CT molecular complexity index is 156. The highest BCUT2D eigenvalue weighted by Gasteiger charge is 2.27. The lowest BCUT2D eigenvalue weighted by Gasteiger charge is -2.30. The summed E-state index contributed by atoms with van der Waals surface area (Å²) in [4.78, 5) is 2.57. The summed E-state index contributed by atoms with van der Waals surface area (Å²) in [5.74, 6) is 1.66. The molecule has 2 atom stereocenters. The van der Waals surface area contributed by atoms with E-state index in [1.165, 1.54) is 32.4 Å². The first-order chi connectivity index (χ1) is 6.69. The summed E-state index contributed by atoms with van der Waals surface area (Å²) in [5, 5.41) is 0. The van der Waals surface area contributed by atoms with Gasteiger partial charge in [0, 0.05) is 12.6 Å². The second kappa shape index (κ2) is 5.72. The van der Waals surface area contributed by atoms with Gasteiger partial charge in [0.2, 0.25) is 0 Å². The maximum Gasteiger partial charge on any atom is 0.00385 e. The van der Waals surface area contributed by atoms with Crippen LogP contribution in [0.4, 0.5) is 0 Å². The zero-order valence-electron chi connectivity index (χ0n) is 10.00. The van der Waals surface area contributed by atoms with E-state index in [0.717, 1.165) is 18.4 Å². The Morgan fingerprint density at radius 3 is 2.43 bits per heavy atom. The molecule has 14 heavy (non-hydrogen) atoms. The van der Waals surface area contributed by atoms with Crippen LogP contribution in [0.3, 0.4) is 0 Å². The summed E-state index contributed by atoms with van der Waals surface area (Å²) in [7, 11) is 0. The van der Waals surface area contributed by atoms with E-state index < -0.39 is 0 Å². The molecule has 1 aliphatic carbocycles. The fraction of sp³-hybridized carbons (Fsp3) is 1.00. The molecule has 2 nitrogen and oxygen atoms in total. The van der Waals surface area contributed by atoms with Gasteiger partial charge >= 0.3 is 0 Å². The molecule has 2 heteroatoms. The highest BCUT2D eigenvalue weighted by Crippen LogP contribution is 2.31. The SMILES string of the molecule is CCN(CC1CCCC1CN)C(C)C. The van der Waals surface area contributed by atoms with Gasteiger partial charge in [-0.25, -0.2) is 0 Å². The van der Waals surface area contributed by atoms with E-state index in [2.05, 4.69) is 25.7 Å². The minimum atomic E-state index is 0.680. The second-order valence-corrected chi connectivity index (χ2v) is 4.87. The zero-order chi connectivity index (χ0) is 10.6. The molecule has 0 aliphatic heterocycles. The van der Waals surface area contributed by atoms with E-state index in [1.54, 1.807) is 0 Å². The van der Waals surface area contributed by atoms with Crippen LogP contribution in [-0.4, -0.2) is 30.6 Å². The molecule has 0 aromatic carbocycles. The fourth-order valence-corrected chi connectivity index (χ4v) is 2.67. The highest BCUT2D eigenvalue weighted by atomic mass is 15.1. The van der Waals surface area contributed by atoms with Crippen LogP contribution in [0.25, 0.3) is 0 Å². The largest absolute Gasteiger partial charge is 0.330 e. The summed E-state index contributed by atoms with van der Waals surface area (Å²) in [5.41, 5.74) is 5.80. The molecule has 0 aromatic heterocycles. The molecular weight excluding hydrogens is 172 g/mol. The van der Waals surface area contributed by atoms with Crippen LogP contribution >= 0.6 is 0 Å². The number of rotatable bonds is 5. The Balaban J connectivity index is 2.41. The van der Waals surface area contributed by atoms with Crippen LogP contribution < -0.4 is 5.73 Å². The van der Waals surface area contributed by atoms with Crippen molar-refractivity contribution in [2.45, 2.75) is 46.1 Å². The van der Waals surface area contributed by atoms with Crippen molar-refractivity contribution < 1.29 is 0 Å². The number of hydrogen-bond acceptors (Lipinski definition) is 2. The summed E-state index contributed by atoms with van der Waals surface area (Å²) in [6.07, 6.45) is 4.14. The monoisotopic (exact) mass is 198 g/mol. The van der Waals surface area contributed by atoms with Crippen LogP contribution in [0.1, 0.15) is 40.0 Å². The first-order valence-electron chi connectivity index (χ1n) is 6.13. The van der Waals surface area contributed by atoms with Crippen molar-refractivity contribution in [3.8, 4) is 0 Å². The number of nitrogens with two attached hydrogens (primary N) is 1. The minimum Gasteiger partial charge on any atom is -0.330 e. The van der Waals surface area contributed by atoms with E-state index in [9.17, 15) is 0 Å². The minimum absolute atomic E-state index is 0.680. The molecule has 1 saturated carbocycles. The summed E-state index contributed by atoms with van der Waals surface area (Å²) in [6.45, 7) is 10.2. The predicted octanol–water partition coefficient (Wildman–Crippen LogP) is 2.09. The van der Waals surface area contributed by atoms with Gasteiger partial charge in [0.25, 0.3) is 0 Å². The predicted molar refractivity (Wildman–Crippen MR) is 62.3 cm³/mol. The molecule has 0 amide bonds. The Kier molecular flexibility index (Phi) is 4.90. The average Bonchev–Trinajstić information content (AvgIpc) is 2.60. The molecule has 2 N–H and O–H groups in total. The van der Waals surface area contributed by atoms with Crippen LogP contribution in [0, 0.1) is 11.8 Å². The van der Waals surface area contributed by atoms with Crippen molar-refractivity contribution >= 4 is 0 Å². The van der Waals surface area contributed by atoms with Gasteiger partial charge in [-0.3, -0.25) is 0 Å². The molecular formula is C12H26N2. The van der Waals surface area contributed by atoms with E-state index in [4.69, 9.17) is 5.73 Å². The van der Waals surface area contributed by atoms with Crippen molar-refractivity contribution in [2.24, 2.45) is 17.6 Å². The van der Waals surface area contributed by atoms with E-state index in [1.807, 2.05) is 0 Å². The number of nitrogens with zero attached hydrogens (tertiary/aromatic N) is 1. The molecule has 0 spiro atoms. The maximum atomic E-state index is 5.80. The third-order valence-electron chi connectivity index (χ3n) is 3.72. The molecule has 1 fully saturated rings. The molecule has 2 unspecified atom stereocenters. The second-order valence-electron chi connectivity index (χ2n) is 4.87. The first-order valence-corrected chi connectivity index (χ1v) is 6.13. The lowest BCUT2D eigenvalue weighted by Crippen LogP contribution is -2.37. The van der Waals surface area contributed by atoms with Crippen molar-refractivity contribution in [2.75, 3.05) is 19.6 Å². The van der Waals surface area contributed by atoms with Crippen molar-refractivity contribution in [3.63, 3.8) is 0 Å². The lowest BCUT2D eigenvalue weighted by molar-refractivity contribution is 0.178. The quantitative estimate of drug-likeness (QED) is 0.733. The van der Waals surface area contributed by atoms with E-state index in [-0.39, 0.29) is 0 Å². The van der Waals surface area contributed by atoms with Gasteiger partial charge in [-0.1, -0.05) is 13.3 Å². The third kappa shape index (κ3) is 2.96. The van der Waals surface area contributed by atoms with Crippen molar-refractivity contribution in [1.29, 1.82) is 0 Å². The van der Waals surface area contributed by atoms with E-state index >= 15 is 0 Å². The summed E-state index contributed by atoms with van der Waals surface area (Å²) in [6, 6.07) is 0.680. The average molecular weight is 198 g/mol. The smallest absolute Gasteiger partial charge is 0.00385 e. The lowest BCUT2D eigenvalue weighted by atomic mass is 9.95. The number of hydrogen-bond donors (Lipinski definition) is 1. The zero-order valence-corrected chi connectivity index (χ0v) is 10.00. The Hall–Kier alpha value is -0.0800. The van der Waals surface area contributed by atoms with Gasteiger partial charge in [-0.2, -0.15) is 0 Å².